The van der Waals surface area contributed by atoms with E-state index in [2.05, 4.69) is 0 Å². The lowest BCUT2D eigenvalue weighted by Crippen LogP contribution is -2.34. The molecule has 6 heteroatoms. The minimum atomic E-state index is -3.44. The smallest absolute Gasteiger partial charge is 0.309 e. The van der Waals surface area contributed by atoms with E-state index in [0.29, 0.717) is 19.3 Å². The number of benzene rings is 1. The molecule has 0 N–H and O–H groups in total. The highest BCUT2D eigenvalue weighted by Gasteiger charge is 2.29. The van der Waals surface area contributed by atoms with Crippen LogP contribution in [0.15, 0.2) is 29.2 Å². The molecule has 1 aromatic rings. The van der Waals surface area contributed by atoms with Gasteiger partial charge in [-0.2, -0.15) is 0 Å². The molecule has 0 bridgehead atoms. The molecule has 110 valence electrons. The van der Waals surface area contributed by atoms with Crippen LogP contribution >= 0.6 is 18.0 Å². The molecule has 1 aliphatic heterocycles. The molecule has 2 unspecified atom stereocenters. The maximum Gasteiger partial charge on any atom is 0.309 e. The van der Waals surface area contributed by atoms with Crippen LogP contribution in [0.1, 0.15) is 31.7 Å². The number of carbonyl (C=O) groups excluding carboxylic acids is 1. The van der Waals surface area contributed by atoms with Gasteiger partial charge in [0.2, 0.25) is 0 Å². The van der Waals surface area contributed by atoms with Crippen LogP contribution in [0, 0.1) is 0 Å². The largest absolute Gasteiger partial charge is 0.791 e. The molecule has 1 fully saturated rings. The summed E-state index contributed by atoms with van der Waals surface area (Å²) in [5.41, 5.74) is 0.933. The van der Waals surface area contributed by atoms with Crippen LogP contribution in [0.3, 0.4) is 0 Å². The van der Waals surface area contributed by atoms with Crippen LogP contribution in [0.5, 0.6) is 0 Å². The lowest BCUT2D eigenvalue weighted by atomic mass is 10.0. The average molecular weight is 313 g/mol. The lowest BCUT2D eigenvalue weighted by molar-refractivity contribution is -0.169. The monoisotopic (exact) mass is 313 g/mol. The number of cyclic esters (lactones) is 1. The van der Waals surface area contributed by atoms with Crippen LogP contribution in [0.2, 0.25) is 0 Å². The summed E-state index contributed by atoms with van der Waals surface area (Å²) in [5.74, 6) is -0.183. The Bertz CT molecular complexity index is 524. The zero-order valence-electron chi connectivity index (χ0n) is 11.4. The Balaban J connectivity index is 2.03. The quantitative estimate of drug-likeness (QED) is 0.572. The van der Waals surface area contributed by atoms with Crippen molar-refractivity contribution in [3.63, 3.8) is 0 Å². The maximum absolute atomic E-state index is 12.0. The number of hydrogen-bond donors (Lipinski definition) is 0. The van der Waals surface area contributed by atoms with Crippen LogP contribution in [-0.2, 0) is 20.5 Å². The second kappa shape index (κ2) is 6.79. The average Bonchev–Trinajstić information content (AvgIpc) is 2.36. The van der Waals surface area contributed by atoms with Gasteiger partial charge in [0.25, 0.3) is 0 Å². The van der Waals surface area contributed by atoms with E-state index >= 15 is 0 Å². The third-order valence-corrected chi connectivity index (χ3v) is 6.85. The van der Waals surface area contributed by atoms with Gasteiger partial charge in [-0.3, -0.25) is 4.79 Å². The fraction of sp³-hybridized carbons (Fsp3) is 0.500. The Morgan fingerprint density at radius 2 is 2.15 bits per heavy atom. The first-order chi connectivity index (χ1) is 9.50. The molecule has 0 aliphatic carbocycles. The third-order valence-electron chi connectivity index (χ3n) is 3.14. The molecule has 2 rings (SSSR count). The summed E-state index contributed by atoms with van der Waals surface area (Å²) >= 11 is 0.949. The van der Waals surface area contributed by atoms with Crippen molar-refractivity contribution in [3.05, 3.63) is 29.8 Å². The summed E-state index contributed by atoms with van der Waals surface area (Å²) in [7, 11) is 0. The fourth-order valence-corrected chi connectivity index (χ4v) is 5.63. The minimum absolute atomic E-state index is 0.106. The first kappa shape index (κ1) is 15.6. The van der Waals surface area contributed by atoms with Crippen LogP contribution < -0.4 is 4.89 Å². The van der Waals surface area contributed by atoms with Gasteiger partial charge in [0.15, 0.2) is 0 Å². The number of esters is 1. The van der Waals surface area contributed by atoms with E-state index in [-0.39, 0.29) is 18.2 Å². The van der Waals surface area contributed by atoms with E-state index < -0.39 is 6.57 Å². The topological polar surface area (TPSA) is 66.4 Å². The van der Waals surface area contributed by atoms with Gasteiger partial charge in [0, 0.05) is 11.3 Å². The molecule has 1 saturated heterocycles. The van der Waals surface area contributed by atoms with Gasteiger partial charge < -0.3 is 14.2 Å². The maximum atomic E-state index is 12.0. The molecular formula is C14H18O4PS-. The number of rotatable bonds is 7. The van der Waals surface area contributed by atoms with Crippen molar-refractivity contribution in [2.75, 3.05) is 6.16 Å². The Morgan fingerprint density at radius 1 is 1.45 bits per heavy atom. The molecule has 0 saturated carbocycles. The van der Waals surface area contributed by atoms with E-state index in [0.717, 1.165) is 28.3 Å². The van der Waals surface area contributed by atoms with Crippen molar-refractivity contribution in [1.29, 1.82) is 0 Å². The Kier molecular flexibility index (Phi) is 5.30. The van der Waals surface area contributed by atoms with Crippen molar-refractivity contribution in [3.8, 4) is 0 Å². The predicted octanol–water partition coefficient (Wildman–Crippen LogP) is 2.99. The van der Waals surface area contributed by atoms with Crippen molar-refractivity contribution in [1.82, 2.24) is 0 Å². The second-order valence-electron chi connectivity index (χ2n) is 4.91. The number of carbonyl (C=O) groups is 1. The van der Waals surface area contributed by atoms with Crippen molar-refractivity contribution in [2.45, 2.75) is 43.6 Å². The number of unbranched alkanes of at least 4 members (excludes halogenated alkanes) is 1. The lowest BCUT2D eigenvalue weighted by Gasteiger charge is -2.27. The normalized spacial score (nSPS) is 20.9. The SMILES string of the molecule is CCCCP(=O)([O-])Sc1ccccc1CC1CC(=O)O1. The van der Waals surface area contributed by atoms with E-state index in [9.17, 15) is 14.3 Å². The molecule has 0 radical (unpaired) electrons. The van der Waals surface area contributed by atoms with Crippen LogP contribution in [0.4, 0.5) is 0 Å². The Hall–Kier alpha value is -0.770. The van der Waals surface area contributed by atoms with Gasteiger partial charge >= 0.3 is 5.97 Å². The van der Waals surface area contributed by atoms with Gasteiger partial charge in [-0.05, 0) is 24.2 Å². The first-order valence-electron chi connectivity index (χ1n) is 6.77. The second-order valence-corrected chi connectivity index (χ2v) is 9.42. The molecular weight excluding hydrogens is 295 g/mol. The standard InChI is InChI=1S/C14H19O4PS/c1-2-3-8-19(16,17)20-13-7-5-4-6-11(13)9-12-10-14(15)18-12/h4-7,12H,2-3,8-10H2,1H3,(H,16,17)/p-1. The van der Waals surface area contributed by atoms with Crippen molar-refractivity contribution < 1.29 is 19.0 Å². The molecule has 0 amide bonds. The van der Waals surface area contributed by atoms with Crippen molar-refractivity contribution in [2.24, 2.45) is 0 Å². The molecule has 1 heterocycles. The Labute approximate surface area is 123 Å². The third kappa shape index (κ3) is 4.37. The summed E-state index contributed by atoms with van der Waals surface area (Å²) in [6, 6.07) is 7.42. The molecule has 1 aliphatic rings. The van der Waals surface area contributed by atoms with Gasteiger partial charge in [0.05, 0.1) is 13.0 Å². The number of ether oxygens (including phenoxy) is 1. The van der Waals surface area contributed by atoms with E-state index in [1.807, 2.05) is 31.2 Å². The van der Waals surface area contributed by atoms with Crippen LogP contribution in [0.25, 0.3) is 0 Å². The Morgan fingerprint density at radius 3 is 2.80 bits per heavy atom. The van der Waals surface area contributed by atoms with Gasteiger partial charge in [-0.25, -0.2) is 0 Å². The molecule has 1 aromatic carbocycles. The summed E-state index contributed by atoms with van der Waals surface area (Å²) in [4.78, 5) is 23.6. The van der Waals surface area contributed by atoms with E-state index in [1.165, 1.54) is 0 Å². The molecule has 20 heavy (non-hydrogen) atoms. The summed E-state index contributed by atoms with van der Waals surface area (Å²) in [6.07, 6.45) is 2.68. The zero-order valence-corrected chi connectivity index (χ0v) is 13.1. The molecule has 4 nitrogen and oxygen atoms in total. The summed E-state index contributed by atoms with van der Waals surface area (Å²) in [6.45, 7) is -1.47. The molecule has 2 atom stereocenters. The van der Waals surface area contributed by atoms with Gasteiger partial charge in [-0.1, -0.05) is 42.9 Å². The van der Waals surface area contributed by atoms with E-state index in [1.54, 1.807) is 0 Å². The highest BCUT2D eigenvalue weighted by Crippen LogP contribution is 2.56. The first-order valence-corrected chi connectivity index (χ1v) is 10.0. The predicted molar refractivity (Wildman–Crippen MR) is 77.9 cm³/mol. The summed E-state index contributed by atoms with van der Waals surface area (Å²) in [5, 5.41) is 0. The highest BCUT2D eigenvalue weighted by atomic mass is 32.7. The van der Waals surface area contributed by atoms with Crippen LogP contribution in [-0.4, -0.2) is 18.2 Å². The molecule has 0 spiro atoms. The highest BCUT2D eigenvalue weighted by molar-refractivity contribution is 8.55. The minimum Gasteiger partial charge on any atom is -0.791 e. The fourth-order valence-electron chi connectivity index (χ4n) is 2.03. The zero-order chi connectivity index (χ0) is 14.6. The van der Waals surface area contributed by atoms with Crippen molar-refractivity contribution >= 4 is 23.9 Å². The number of hydrogen-bond acceptors (Lipinski definition) is 5. The van der Waals surface area contributed by atoms with E-state index in [4.69, 9.17) is 4.74 Å². The molecule has 0 aromatic heterocycles. The van der Waals surface area contributed by atoms with Gasteiger partial charge in [-0.15, -0.1) is 0 Å². The van der Waals surface area contributed by atoms with Gasteiger partial charge in [0.1, 0.15) is 6.10 Å². The summed E-state index contributed by atoms with van der Waals surface area (Å²) < 4.78 is 17.0.